The molecule has 24 rings (SSSR count). The molecule has 0 amide bonds. The third-order valence-corrected chi connectivity index (χ3v) is 23.7. The van der Waals surface area contributed by atoms with E-state index in [0.29, 0.717) is 34.9 Å². The van der Waals surface area contributed by atoms with Crippen molar-refractivity contribution in [3.05, 3.63) is 437 Å². The van der Waals surface area contributed by atoms with E-state index >= 15 is 0 Å². The molecule has 0 atom stereocenters. The van der Waals surface area contributed by atoms with Crippen molar-refractivity contribution in [3.8, 4) is 136 Å². The van der Waals surface area contributed by atoms with Gasteiger partial charge in [-0.15, -0.1) is 0 Å². The molecule has 0 saturated heterocycles. The van der Waals surface area contributed by atoms with Crippen molar-refractivity contribution in [1.29, 1.82) is 0 Å². The van der Waals surface area contributed by atoms with E-state index in [1.807, 2.05) is 146 Å². The van der Waals surface area contributed by atoms with E-state index in [1.165, 1.54) is 60.3 Å². The fraction of sp³-hybridized carbons (Fsp3) is 0. The Kier molecular flexibility index (Phi) is 17.9. The SMILES string of the molecule is c1ccc(-c2nc(-c3ccccc3)nc(-c3ccnc(-c4cccc5c4c4ccccc4n5-c4ccc(-c5ccc6c7ccccc7n(-c7ccccc7)c6c5)cc4)c3)n2)cc1.c1ccc(-c2nc(-c3ccccc3)nc(-c3ccnc(-c4cccc5c4c4ccccc4n5-c4ccc(-c5cccc6c5c5ccccc5n6-c5ccccc5)cc4)c3)n2)cc1. The molecule has 0 N–H and O–H groups in total. The van der Waals surface area contributed by atoms with Crippen molar-refractivity contribution in [2.24, 2.45) is 0 Å². The molecule has 0 spiro atoms. The van der Waals surface area contributed by atoms with E-state index in [2.05, 4.69) is 309 Å². The second kappa shape index (κ2) is 30.8. The Balaban J connectivity index is 0.000000143. The van der Waals surface area contributed by atoms with Gasteiger partial charge in [-0.1, -0.05) is 303 Å². The highest BCUT2D eigenvalue weighted by atomic mass is 15.1. The second-order valence-corrected chi connectivity index (χ2v) is 30.9. The fourth-order valence-electron chi connectivity index (χ4n) is 18.0. The number of benzene rings is 16. The van der Waals surface area contributed by atoms with Gasteiger partial charge in [-0.05, 0) is 144 Å². The normalized spacial score (nSPS) is 11.5. The smallest absolute Gasteiger partial charge is 0.164 e. The Labute approximate surface area is 713 Å². The topological polar surface area (TPSA) is 123 Å². The molecule has 16 aromatic carbocycles. The zero-order chi connectivity index (χ0) is 82.0. The Hall–Kier alpha value is -17.0. The summed E-state index contributed by atoms with van der Waals surface area (Å²) in [6, 6.07) is 149. The van der Waals surface area contributed by atoms with Crippen LogP contribution in [0.15, 0.2) is 437 Å². The molecule has 0 aliphatic heterocycles. The van der Waals surface area contributed by atoms with E-state index < -0.39 is 0 Å². The molecule has 12 heteroatoms. The van der Waals surface area contributed by atoms with Crippen LogP contribution in [0.5, 0.6) is 0 Å². The number of rotatable bonds is 14. The third kappa shape index (κ3) is 12.8. The summed E-state index contributed by atoms with van der Waals surface area (Å²) in [6.07, 6.45) is 3.71. The van der Waals surface area contributed by atoms with Crippen molar-refractivity contribution < 1.29 is 0 Å². The van der Waals surface area contributed by atoms with E-state index in [9.17, 15) is 0 Å². The molecule has 580 valence electrons. The monoisotopic (exact) mass is 1580 g/mol. The fourth-order valence-corrected chi connectivity index (χ4v) is 18.0. The van der Waals surface area contributed by atoms with Crippen LogP contribution in [0.2, 0.25) is 0 Å². The van der Waals surface area contributed by atoms with Crippen LogP contribution in [0.3, 0.4) is 0 Å². The van der Waals surface area contributed by atoms with Gasteiger partial charge >= 0.3 is 0 Å². The van der Waals surface area contributed by atoms with Crippen molar-refractivity contribution in [3.63, 3.8) is 0 Å². The summed E-state index contributed by atoms with van der Waals surface area (Å²) in [5, 5.41) is 9.58. The Morgan fingerprint density at radius 3 is 0.815 bits per heavy atom. The minimum atomic E-state index is 0.594. The summed E-state index contributed by atoms with van der Waals surface area (Å²) in [5.74, 6) is 3.69. The first-order chi connectivity index (χ1) is 61.5. The van der Waals surface area contributed by atoms with Crippen molar-refractivity contribution >= 4 is 87.2 Å². The van der Waals surface area contributed by atoms with E-state index in [0.717, 1.165) is 128 Å². The first kappa shape index (κ1) is 72.3. The summed E-state index contributed by atoms with van der Waals surface area (Å²) in [5.41, 5.74) is 27.7. The molecule has 0 saturated carbocycles. The average molecular weight is 1590 g/mol. The highest BCUT2D eigenvalue weighted by Gasteiger charge is 2.24. The highest BCUT2D eigenvalue weighted by molar-refractivity contribution is 6.19. The quantitative estimate of drug-likeness (QED) is 0.105. The number of fused-ring (bicyclic) bond motifs is 12. The first-order valence-corrected chi connectivity index (χ1v) is 41.6. The first-order valence-electron chi connectivity index (χ1n) is 41.6. The third-order valence-electron chi connectivity index (χ3n) is 23.7. The van der Waals surface area contributed by atoms with Crippen LogP contribution in [0, 0.1) is 0 Å². The molecule has 0 radical (unpaired) electrons. The zero-order valence-electron chi connectivity index (χ0n) is 66.9. The summed E-state index contributed by atoms with van der Waals surface area (Å²) >= 11 is 0. The van der Waals surface area contributed by atoms with Gasteiger partial charge in [-0.3, -0.25) is 9.97 Å². The molecule has 8 aromatic heterocycles. The van der Waals surface area contributed by atoms with Gasteiger partial charge in [-0.2, -0.15) is 0 Å². The number of aromatic nitrogens is 12. The lowest BCUT2D eigenvalue weighted by molar-refractivity contribution is 1.07. The number of pyridine rings is 2. The van der Waals surface area contributed by atoms with Gasteiger partial charge in [0.2, 0.25) is 0 Å². The molecule has 0 aliphatic carbocycles. The lowest BCUT2D eigenvalue weighted by Gasteiger charge is -2.11. The Morgan fingerprint density at radius 1 is 0.153 bits per heavy atom. The maximum absolute atomic E-state index is 5.01. The van der Waals surface area contributed by atoms with Gasteiger partial charge in [0.1, 0.15) is 0 Å². The minimum absolute atomic E-state index is 0.594. The van der Waals surface area contributed by atoms with Crippen molar-refractivity contribution in [2.45, 2.75) is 0 Å². The van der Waals surface area contributed by atoms with E-state index in [-0.39, 0.29) is 0 Å². The summed E-state index contributed by atoms with van der Waals surface area (Å²) in [7, 11) is 0. The molecule has 124 heavy (non-hydrogen) atoms. The molecule has 8 heterocycles. The number of nitrogens with zero attached hydrogens (tertiary/aromatic N) is 12. The lowest BCUT2D eigenvalue weighted by Crippen LogP contribution is -2.00. The Morgan fingerprint density at radius 2 is 0.427 bits per heavy atom. The molecule has 0 unspecified atom stereocenters. The van der Waals surface area contributed by atoms with Crippen LogP contribution >= 0.6 is 0 Å². The zero-order valence-corrected chi connectivity index (χ0v) is 66.9. The van der Waals surface area contributed by atoms with E-state index in [4.69, 9.17) is 39.9 Å². The van der Waals surface area contributed by atoms with Crippen LogP contribution in [-0.4, -0.2) is 58.1 Å². The largest absolute Gasteiger partial charge is 0.309 e. The number of hydrogen-bond acceptors (Lipinski definition) is 8. The maximum Gasteiger partial charge on any atom is 0.164 e. The number of hydrogen-bond donors (Lipinski definition) is 0. The summed E-state index contributed by atoms with van der Waals surface area (Å²) < 4.78 is 9.48. The maximum atomic E-state index is 5.01. The van der Waals surface area contributed by atoms with Gasteiger partial charge in [0.15, 0.2) is 34.9 Å². The van der Waals surface area contributed by atoms with Crippen LogP contribution in [0.4, 0.5) is 0 Å². The lowest BCUT2D eigenvalue weighted by atomic mass is 9.99. The Bertz CT molecular complexity index is 8030. The number of para-hydroxylation sites is 6. The van der Waals surface area contributed by atoms with Gasteiger partial charge in [0, 0.05) is 123 Å². The van der Waals surface area contributed by atoms with Gasteiger partial charge in [-0.25, -0.2) is 29.9 Å². The summed E-state index contributed by atoms with van der Waals surface area (Å²) in [6.45, 7) is 0. The molecule has 0 fully saturated rings. The highest BCUT2D eigenvalue weighted by Crippen LogP contribution is 2.45. The minimum Gasteiger partial charge on any atom is -0.309 e. The van der Waals surface area contributed by atoms with Gasteiger partial charge in [0.25, 0.3) is 0 Å². The van der Waals surface area contributed by atoms with E-state index in [1.54, 1.807) is 0 Å². The van der Waals surface area contributed by atoms with Gasteiger partial charge < -0.3 is 18.3 Å². The van der Waals surface area contributed by atoms with Crippen LogP contribution in [0.1, 0.15) is 0 Å². The van der Waals surface area contributed by atoms with Crippen molar-refractivity contribution in [2.75, 3.05) is 0 Å². The van der Waals surface area contributed by atoms with Crippen LogP contribution in [0.25, 0.3) is 223 Å². The average Bonchev–Trinajstić information content (AvgIpc) is 1.61. The molecular formula is C112H72N12. The molecule has 24 aromatic rings. The van der Waals surface area contributed by atoms with Gasteiger partial charge in [0.05, 0.1) is 55.5 Å². The summed E-state index contributed by atoms with van der Waals surface area (Å²) in [4.78, 5) is 39.8. The van der Waals surface area contributed by atoms with Crippen LogP contribution in [-0.2, 0) is 0 Å². The second-order valence-electron chi connectivity index (χ2n) is 30.9. The molecule has 12 nitrogen and oxygen atoms in total. The predicted molar refractivity (Wildman–Crippen MR) is 507 cm³/mol. The molecular weight excluding hydrogens is 1510 g/mol. The standard InChI is InChI=1S/2C56H36N6/c1-4-16-38(17-5-1)54-58-55(39-18-6-2-7-19-39)60-56(59-54)40-34-35-57-47(36-40)44-25-15-29-51-53(44)46-23-11-13-27-49(46)62(51)42-32-30-37(31-33-42)43-24-14-28-50-52(43)45-22-10-12-26-48(45)61(50)41-20-8-3-9-21-41;1-4-15-38(16-5-1)54-58-55(39-17-6-2-7-18-39)60-56(59-54)41-33-34-57-48(35-41)46-23-14-26-51-53(46)47-22-11-13-25-50(47)61(51)43-30-27-37(28-31-43)40-29-32-45-44-21-10-12-24-49(44)62(52(45)36-40)42-19-8-3-9-20-42/h2*1-36H. The predicted octanol–water partition coefficient (Wildman–Crippen LogP) is 27.6. The molecule has 0 bridgehead atoms. The van der Waals surface area contributed by atoms with Crippen molar-refractivity contribution in [1.82, 2.24) is 58.1 Å². The van der Waals surface area contributed by atoms with Crippen LogP contribution < -0.4 is 0 Å². The molecule has 0 aliphatic rings.